The minimum absolute atomic E-state index is 0.0393. The summed E-state index contributed by atoms with van der Waals surface area (Å²) in [7, 11) is 0. The van der Waals surface area contributed by atoms with Crippen LogP contribution in [-0.4, -0.2) is 5.78 Å². The van der Waals surface area contributed by atoms with E-state index in [9.17, 15) is 4.79 Å². The molecular formula is C11H18O. The number of hydrogen-bond acceptors (Lipinski definition) is 1. The van der Waals surface area contributed by atoms with E-state index in [1.54, 1.807) is 0 Å². The predicted molar refractivity (Wildman–Crippen MR) is 48.8 cm³/mol. The largest absolute Gasteiger partial charge is 0.299 e. The molecule has 0 aromatic carbocycles. The van der Waals surface area contributed by atoms with Crippen molar-refractivity contribution in [1.82, 2.24) is 0 Å². The molecule has 2 fully saturated rings. The lowest BCUT2D eigenvalue weighted by Crippen LogP contribution is -2.60. The summed E-state index contributed by atoms with van der Waals surface area (Å²) in [5.41, 5.74) is 0.284. The van der Waals surface area contributed by atoms with Gasteiger partial charge in [-0.15, -0.1) is 0 Å². The summed E-state index contributed by atoms with van der Waals surface area (Å²) in [6, 6.07) is 0. The molecule has 1 heteroatoms. The number of ketones is 1. The fourth-order valence-electron chi connectivity index (χ4n) is 3.32. The maximum atomic E-state index is 11.8. The Balaban J connectivity index is 2.36. The number of hydrogen-bond donors (Lipinski definition) is 0. The number of fused-ring (bicyclic) bond motifs is 1. The highest BCUT2D eigenvalue weighted by Gasteiger charge is 2.67. The third-order valence-electron chi connectivity index (χ3n) is 4.70. The molecule has 1 nitrogen and oxygen atoms in total. The van der Waals surface area contributed by atoms with E-state index in [4.69, 9.17) is 0 Å². The molecule has 2 rings (SSSR count). The van der Waals surface area contributed by atoms with Crippen molar-refractivity contribution in [2.45, 2.75) is 40.5 Å². The number of Topliss-reactive ketones (excluding diaryl/α,β-unsaturated/α-hetero) is 1. The van der Waals surface area contributed by atoms with Crippen LogP contribution in [0, 0.1) is 22.7 Å². The molecule has 2 aliphatic rings. The molecule has 0 bridgehead atoms. The van der Waals surface area contributed by atoms with Gasteiger partial charge in [0.15, 0.2) is 0 Å². The molecule has 3 unspecified atom stereocenters. The van der Waals surface area contributed by atoms with Crippen molar-refractivity contribution in [3.8, 4) is 0 Å². The Labute approximate surface area is 74.5 Å². The first-order chi connectivity index (χ1) is 5.41. The Bertz CT molecular complexity index is 241. The van der Waals surface area contributed by atoms with Crippen molar-refractivity contribution in [2.75, 3.05) is 0 Å². The van der Waals surface area contributed by atoms with Crippen molar-refractivity contribution < 1.29 is 4.79 Å². The zero-order chi connectivity index (χ0) is 9.15. The second-order valence-electron chi connectivity index (χ2n) is 5.40. The highest BCUT2D eigenvalue weighted by molar-refractivity contribution is 5.95. The van der Waals surface area contributed by atoms with E-state index in [-0.39, 0.29) is 5.41 Å². The molecule has 0 aromatic rings. The molecule has 0 spiro atoms. The molecule has 0 saturated heterocycles. The van der Waals surface area contributed by atoms with Crippen LogP contribution < -0.4 is 0 Å². The lowest BCUT2D eigenvalue weighted by Gasteiger charge is -2.56. The maximum absolute atomic E-state index is 11.8. The van der Waals surface area contributed by atoms with Gasteiger partial charge in [-0.2, -0.15) is 0 Å². The van der Waals surface area contributed by atoms with E-state index in [1.165, 1.54) is 12.8 Å². The number of rotatable bonds is 0. The van der Waals surface area contributed by atoms with Crippen molar-refractivity contribution in [3.63, 3.8) is 0 Å². The molecule has 0 heterocycles. The van der Waals surface area contributed by atoms with Gasteiger partial charge in [-0.1, -0.05) is 27.7 Å². The highest BCUT2D eigenvalue weighted by Crippen LogP contribution is 2.66. The summed E-state index contributed by atoms with van der Waals surface area (Å²) >= 11 is 0. The molecule has 3 atom stereocenters. The minimum Gasteiger partial charge on any atom is -0.299 e. The Morgan fingerprint density at radius 1 is 1.33 bits per heavy atom. The van der Waals surface area contributed by atoms with Crippen molar-refractivity contribution in [1.29, 1.82) is 0 Å². The smallest absolute Gasteiger partial charge is 0.142 e. The second-order valence-corrected chi connectivity index (χ2v) is 5.40. The lowest BCUT2D eigenvalue weighted by molar-refractivity contribution is -0.167. The van der Waals surface area contributed by atoms with E-state index in [0.29, 0.717) is 23.0 Å². The predicted octanol–water partition coefficient (Wildman–Crippen LogP) is 2.65. The van der Waals surface area contributed by atoms with Crippen LogP contribution in [0.2, 0.25) is 0 Å². The Hall–Kier alpha value is -0.330. The van der Waals surface area contributed by atoms with Gasteiger partial charge < -0.3 is 0 Å². The van der Waals surface area contributed by atoms with Gasteiger partial charge in [0.05, 0.1) is 0 Å². The molecule has 68 valence electrons. The second kappa shape index (κ2) is 1.94. The Morgan fingerprint density at radius 2 is 1.92 bits per heavy atom. The Morgan fingerprint density at radius 3 is 2.42 bits per heavy atom. The van der Waals surface area contributed by atoms with Crippen LogP contribution >= 0.6 is 0 Å². The first-order valence-corrected chi connectivity index (χ1v) is 4.95. The molecular weight excluding hydrogens is 148 g/mol. The zero-order valence-corrected chi connectivity index (χ0v) is 8.48. The maximum Gasteiger partial charge on any atom is 0.142 e. The number of carbonyl (C=O) groups excluding carboxylic acids is 1. The summed E-state index contributed by atoms with van der Waals surface area (Å²) in [4.78, 5) is 11.8. The van der Waals surface area contributed by atoms with Gasteiger partial charge in [-0.25, -0.2) is 0 Å². The van der Waals surface area contributed by atoms with Gasteiger partial charge in [0.1, 0.15) is 5.78 Å². The van der Waals surface area contributed by atoms with E-state index in [2.05, 4.69) is 27.7 Å². The minimum atomic E-state index is -0.0393. The summed E-state index contributed by atoms with van der Waals surface area (Å²) in [6.07, 6.45) is 2.49. The van der Waals surface area contributed by atoms with Crippen LogP contribution in [0.15, 0.2) is 0 Å². The van der Waals surface area contributed by atoms with Crippen LogP contribution in [0.25, 0.3) is 0 Å². The standard InChI is InChI=1S/C11H18O/c1-7-5-6-11(4)8(7)9(12)10(11,2)3/h7-8H,5-6H2,1-4H3. The SMILES string of the molecule is CC1CCC2(C)C1C(=O)C2(C)C. The van der Waals surface area contributed by atoms with Crippen LogP contribution in [0.4, 0.5) is 0 Å². The van der Waals surface area contributed by atoms with Crippen LogP contribution in [0.1, 0.15) is 40.5 Å². The summed E-state index contributed by atoms with van der Waals surface area (Å²) in [5.74, 6) is 1.53. The van der Waals surface area contributed by atoms with E-state index in [1.807, 2.05) is 0 Å². The average Bonchev–Trinajstić information content (AvgIpc) is 2.27. The van der Waals surface area contributed by atoms with Crippen LogP contribution in [-0.2, 0) is 4.79 Å². The first kappa shape index (κ1) is 8.28. The fourth-order valence-corrected chi connectivity index (χ4v) is 3.32. The van der Waals surface area contributed by atoms with Crippen molar-refractivity contribution in [2.24, 2.45) is 22.7 Å². The lowest BCUT2D eigenvalue weighted by atomic mass is 9.45. The third-order valence-corrected chi connectivity index (χ3v) is 4.70. The van der Waals surface area contributed by atoms with Gasteiger partial charge in [0.2, 0.25) is 0 Å². The summed E-state index contributed by atoms with van der Waals surface area (Å²) in [6.45, 7) is 8.75. The molecule has 12 heavy (non-hydrogen) atoms. The van der Waals surface area contributed by atoms with Gasteiger partial charge in [-0.3, -0.25) is 4.79 Å². The molecule has 0 amide bonds. The Kier molecular flexibility index (Phi) is 1.34. The monoisotopic (exact) mass is 166 g/mol. The summed E-state index contributed by atoms with van der Waals surface area (Å²) in [5, 5.41) is 0. The molecule has 0 aromatic heterocycles. The molecule has 0 radical (unpaired) electrons. The highest BCUT2D eigenvalue weighted by atomic mass is 16.1. The first-order valence-electron chi connectivity index (χ1n) is 4.95. The van der Waals surface area contributed by atoms with Gasteiger partial charge in [0.25, 0.3) is 0 Å². The summed E-state index contributed by atoms with van der Waals surface area (Å²) < 4.78 is 0. The third kappa shape index (κ3) is 0.605. The molecule has 2 aliphatic carbocycles. The van der Waals surface area contributed by atoms with Crippen molar-refractivity contribution in [3.05, 3.63) is 0 Å². The normalized spacial score (nSPS) is 50.2. The van der Waals surface area contributed by atoms with Crippen molar-refractivity contribution >= 4 is 5.78 Å². The van der Waals surface area contributed by atoms with Gasteiger partial charge >= 0.3 is 0 Å². The molecule has 0 N–H and O–H groups in total. The van der Waals surface area contributed by atoms with E-state index in [0.717, 1.165) is 0 Å². The van der Waals surface area contributed by atoms with Gasteiger partial charge in [-0.05, 0) is 24.2 Å². The van der Waals surface area contributed by atoms with E-state index >= 15 is 0 Å². The van der Waals surface area contributed by atoms with E-state index < -0.39 is 0 Å². The molecule has 0 aliphatic heterocycles. The van der Waals surface area contributed by atoms with Crippen LogP contribution in [0.5, 0.6) is 0 Å². The average molecular weight is 166 g/mol. The van der Waals surface area contributed by atoms with Crippen LogP contribution in [0.3, 0.4) is 0 Å². The fraction of sp³-hybridized carbons (Fsp3) is 0.909. The quantitative estimate of drug-likeness (QED) is 0.540. The number of carbonyl (C=O) groups is 1. The van der Waals surface area contributed by atoms with Gasteiger partial charge in [0, 0.05) is 11.3 Å². The topological polar surface area (TPSA) is 17.1 Å². The zero-order valence-electron chi connectivity index (χ0n) is 8.48. The molecule has 2 saturated carbocycles.